The fourth-order valence-corrected chi connectivity index (χ4v) is 2.40. The number of hydrogen-bond acceptors (Lipinski definition) is 3. The van der Waals surface area contributed by atoms with E-state index >= 15 is 0 Å². The minimum Gasteiger partial charge on any atom is -0.396 e. The lowest BCUT2D eigenvalue weighted by molar-refractivity contribution is 0.0724. The van der Waals surface area contributed by atoms with Crippen LogP contribution < -0.4 is 0 Å². The summed E-state index contributed by atoms with van der Waals surface area (Å²) < 4.78 is 12.7. The molecule has 0 saturated carbocycles. The molecule has 1 saturated heterocycles. The van der Waals surface area contributed by atoms with Crippen molar-refractivity contribution in [3.05, 3.63) is 29.8 Å². The highest BCUT2D eigenvalue weighted by molar-refractivity contribution is 5.94. The monoisotopic (exact) mass is 252 g/mol. The third-order valence-corrected chi connectivity index (χ3v) is 3.31. The van der Waals surface area contributed by atoms with Gasteiger partial charge in [0.1, 0.15) is 0 Å². The fourth-order valence-electron chi connectivity index (χ4n) is 2.40. The van der Waals surface area contributed by atoms with E-state index in [1.54, 1.807) is 0 Å². The molecule has 1 aliphatic heterocycles. The van der Waals surface area contributed by atoms with E-state index in [4.69, 9.17) is 5.11 Å². The van der Waals surface area contributed by atoms with Crippen molar-refractivity contribution in [3.63, 3.8) is 0 Å². The van der Waals surface area contributed by atoms with Crippen molar-refractivity contribution in [2.75, 3.05) is 13.2 Å². The van der Waals surface area contributed by atoms with Gasteiger partial charge in [0.15, 0.2) is 0 Å². The number of halogens is 1. The number of aliphatic hydroxyl groups is 1. The minimum atomic E-state index is -0.579. The van der Waals surface area contributed by atoms with E-state index < -0.39 is 5.95 Å². The molecular weight excluding hydrogens is 235 g/mol. The van der Waals surface area contributed by atoms with Gasteiger partial charge >= 0.3 is 0 Å². The quantitative estimate of drug-likeness (QED) is 0.828. The van der Waals surface area contributed by atoms with Gasteiger partial charge in [-0.25, -0.2) is 4.98 Å². The van der Waals surface area contributed by atoms with Gasteiger partial charge in [0.2, 0.25) is 5.95 Å². The summed E-state index contributed by atoms with van der Waals surface area (Å²) in [5, 5.41) is 8.84. The number of likely N-dealkylation sites (tertiary alicyclic amines) is 1. The highest BCUT2D eigenvalue weighted by Gasteiger charge is 2.28. The second-order valence-corrected chi connectivity index (χ2v) is 4.53. The minimum absolute atomic E-state index is 0.0945. The van der Waals surface area contributed by atoms with Gasteiger partial charge in [0.25, 0.3) is 5.91 Å². The molecule has 0 aliphatic carbocycles. The van der Waals surface area contributed by atoms with E-state index in [1.165, 1.54) is 18.3 Å². The van der Waals surface area contributed by atoms with Crippen molar-refractivity contribution in [1.29, 1.82) is 0 Å². The summed E-state index contributed by atoms with van der Waals surface area (Å²) in [7, 11) is 0. The highest BCUT2D eigenvalue weighted by Crippen LogP contribution is 2.23. The Hall–Kier alpha value is -1.49. The van der Waals surface area contributed by atoms with Crippen molar-refractivity contribution in [3.8, 4) is 0 Å². The summed E-state index contributed by atoms with van der Waals surface area (Å²) in [5.41, 5.74) is 0.423. The molecule has 0 spiro atoms. The van der Waals surface area contributed by atoms with Crippen molar-refractivity contribution in [2.24, 2.45) is 0 Å². The van der Waals surface area contributed by atoms with Crippen LogP contribution in [-0.2, 0) is 0 Å². The van der Waals surface area contributed by atoms with E-state index in [-0.39, 0.29) is 18.6 Å². The molecule has 1 aromatic rings. The van der Waals surface area contributed by atoms with Crippen molar-refractivity contribution in [1.82, 2.24) is 9.88 Å². The zero-order valence-corrected chi connectivity index (χ0v) is 10.2. The lowest BCUT2D eigenvalue weighted by atomic mass is 10.1. The molecule has 1 atom stereocenters. The van der Waals surface area contributed by atoms with Crippen LogP contribution >= 0.6 is 0 Å². The van der Waals surface area contributed by atoms with Gasteiger partial charge in [-0.1, -0.05) is 0 Å². The summed E-state index contributed by atoms with van der Waals surface area (Å²) in [6.07, 6.45) is 4.75. The van der Waals surface area contributed by atoms with Crippen LogP contribution in [0.3, 0.4) is 0 Å². The zero-order chi connectivity index (χ0) is 13.0. The molecule has 2 rings (SSSR count). The number of aliphatic hydroxyl groups excluding tert-OH is 1. The largest absolute Gasteiger partial charge is 0.396 e. The molecule has 1 amide bonds. The molecule has 2 heterocycles. The number of nitrogens with zero attached hydrogens (tertiary/aromatic N) is 2. The molecule has 1 unspecified atom stereocenters. The Morgan fingerprint density at radius 1 is 1.56 bits per heavy atom. The van der Waals surface area contributed by atoms with E-state index in [0.717, 1.165) is 25.8 Å². The Kier molecular flexibility index (Phi) is 4.25. The van der Waals surface area contributed by atoms with Crippen molar-refractivity contribution >= 4 is 5.91 Å². The summed E-state index contributed by atoms with van der Waals surface area (Å²) in [4.78, 5) is 17.5. The predicted molar refractivity (Wildman–Crippen MR) is 64.6 cm³/mol. The lowest BCUT2D eigenvalue weighted by Crippen LogP contribution is -2.35. The van der Waals surface area contributed by atoms with Crippen LogP contribution in [-0.4, -0.2) is 40.1 Å². The Labute approximate surface area is 105 Å². The molecule has 4 nitrogen and oxygen atoms in total. The summed E-state index contributed by atoms with van der Waals surface area (Å²) in [5.74, 6) is -0.673. The van der Waals surface area contributed by atoms with Crippen molar-refractivity contribution in [2.45, 2.75) is 31.7 Å². The van der Waals surface area contributed by atoms with Crippen LogP contribution in [0.2, 0.25) is 0 Å². The molecule has 5 heteroatoms. The smallest absolute Gasteiger partial charge is 0.255 e. The van der Waals surface area contributed by atoms with Gasteiger partial charge in [-0.15, -0.1) is 0 Å². The first-order valence-electron chi connectivity index (χ1n) is 6.26. The van der Waals surface area contributed by atoms with Crippen LogP contribution in [0, 0.1) is 5.95 Å². The van der Waals surface area contributed by atoms with Crippen LogP contribution in [0.1, 0.15) is 36.0 Å². The number of amides is 1. The standard InChI is InChI=1S/C13H17FN2O2/c14-12-6-5-10(9-15-12)13(18)16-7-1-3-11(16)4-2-8-17/h5-6,9,11,17H,1-4,7-8H2. The molecule has 98 valence electrons. The second-order valence-electron chi connectivity index (χ2n) is 4.53. The SMILES string of the molecule is O=C(c1ccc(F)nc1)N1CCCC1CCCO. The third kappa shape index (κ3) is 2.85. The number of rotatable bonds is 4. The van der Waals surface area contributed by atoms with Gasteiger partial charge in [-0.05, 0) is 37.8 Å². The van der Waals surface area contributed by atoms with Crippen LogP contribution in [0.15, 0.2) is 18.3 Å². The zero-order valence-electron chi connectivity index (χ0n) is 10.2. The summed E-state index contributed by atoms with van der Waals surface area (Å²) in [6.45, 7) is 0.878. The molecular formula is C13H17FN2O2. The Morgan fingerprint density at radius 3 is 3.06 bits per heavy atom. The fraction of sp³-hybridized carbons (Fsp3) is 0.538. The highest BCUT2D eigenvalue weighted by atomic mass is 19.1. The van der Waals surface area contributed by atoms with Crippen LogP contribution in [0.25, 0.3) is 0 Å². The first kappa shape index (κ1) is 13.0. The molecule has 18 heavy (non-hydrogen) atoms. The lowest BCUT2D eigenvalue weighted by Gasteiger charge is -2.24. The maximum absolute atomic E-state index is 12.7. The normalized spacial score (nSPS) is 19.2. The van der Waals surface area contributed by atoms with Gasteiger partial charge in [0, 0.05) is 25.4 Å². The molecule has 0 aromatic carbocycles. The first-order valence-corrected chi connectivity index (χ1v) is 6.26. The molecule has 0 radical (unpaired) electrons. The average Bonchev–Trinajstić information content (AvgIpc) is 2.84. The van der Waals surface area contributed by atoms with Gasteiger partial charge < -0.3 is 10.0 Å². The molecule has 0 bridgehead atoms. The van der Waals surface area contributed by atoms with E-state index in [0.29, 0.717) is 12.0 Å². The van der Waals surface area contributed by atoms with Gasteiger partial charge in [-0.2, -0.15) is 4.39 Å². The number of hydrogen-bond donors (Lipinski definition) is 1. The van der Waals surface area contributed by atoms with E-state index in [2.05, 4.69) is 4.98 Å². The number of aromatic nitrogens is 1. The maximum atomic E-state index is 12.7. The molecule has 1 aliphatic rings. The Morgan fingerprint density at radius 2 is 2.39 bits per heavy atom. The van der Waals surface area contributed by atoms with Crippen LogP contribution in [0.4, 0.5) is 4.39 Å². The van der Waals surface area contributed by atoms with Gasteiger partial charge in [0.05, 0.1) is 5.56 Å². The third-order valence-electron chi connectivity index (χ3n) is 3.31. The molecule has 1 aromatic heterocycles. The second kappa shape index (κ2) is 5.91. The molecule has 1 fully saturated rings. The van der Waals surface area contributed by atoms with Crippen LogP contribution in [0.5, 0.6) is 0 Å². The van der Waals surface area contributed by atoms with E-state index in [9.17, 15) is 9.18 Å². The maximum Gasteiger partial charge on any atom is 0.255 e. The summed E-state index contributed by atoms with van der Waals surface area (Å²) in [6, 6.07) is 2.85. The number of pyridine rings is 1. The Balaban J connectivity index is 2.05. The van der Waals surface area contributed by atoms with Crippen molar-refractivity contribution < 1.29 is 14.3 Å². The predicted octanol–water partition coefficient (Wildman–Crippen LogP) is 1.60. The number of carbonyl (C=O) groups excluding carboxylic acids is 1. The average molecular weight is 252 g/mol. The number of carbonyl (C=O) groups is 1. The summed E-state index contributed by atoms with van der Waals surface area (Å²) >= 11 is 0. The molecule has 1 N–H and O–H groups in total. The van der Waals surface area contributed by atoms with Gasteiger partial charge in [-0.3, -0.25) is 4.79 Å². The first-order chi connectivity index (χ1) is 8.72. The van der Waals surface area contributed by atoms with E-state index in [1.807, 2.05) is 4.90 Å². The Bertz CT molecular complexity index is 408. The topological polar surface area (TPSA) is 53.4 Å².